The zero-order valence-corrected chi connectivity index (χ0v) is 10.0. The Hall–Kier alpha value is -0.870. The molecule has 2 N–H and O–H groups in total. The van der Waals surface area contributed by atoms with E-state index >= 15 is 0 Å². The highest BCUT2D eigenvalue weighted by molar-refractivity contribution is 4.93. The zero-order chi connectivity index (χ0) is 11.6. The summed E-state index contributed by atoms with van der Waals surface area (Å²) in [5.74, 6) is 1.71. The van der Waals surface area contributed by atoms with E-state index < -0.39 is 0 Å². The van der Waals surface area contributed by atoms with E-state index in [1.54, 1.807) is 6.20 Å². The van der Waals surface area contributed by atoms with Gasteiger partial charge in [0.2, 0.25) is 5.89 Å². The Balaban J connectivity index is 1.98. The van der Waals surface area contributed by atoms with Crippen molar-refractivity contribution < 1.29 is 9.52 Å². The van der Waals surface area contributed by atoms with Crippen LogP contribution in [0.15, 0.2) is 10.6 Å². The number of rotatable bonds is 9. The van der Waals surface area contributed by atoms with Crippen LogP contribution in [0.1, 0.15) is 44.3 Å². The molecule has 0 aliphatic rings. The molecule has 0 radical (unpaired) electrons. The van der Waals surface area contributed by atoms with Crippen LogP contribution in [0.25, 0.3) is 0 Å². The minimum absolute atomic E-state index is 0.309. The van der Waals surface area contributed by atoms with Crippen LogP contribution in [0, 0.1) is 0 Å². The third-order valence-corrected chi connectivity index (χ3v) is 2.49. The van der Waals surface area contributed by atoms with Crippen LogP contribution < -0.4 is 5.32 Å². The number of hydrogen-bond donors (Lipinski definition) is 2. The summed E-state index contributed by atoms with van der Waals surface area (Å²) in [6, 6.07) is 0. The second kappa shape index (κ2) is 8.30. The molecule has 0 bridgehead atoms. The van der Waals surface area contributed by atoms with Gasteiger partial charge in [0.1, 0.15) is 5.76 Å². The Morgan fingerprint density at radius 2 is 2.12 bits per heavy atom. The fraction of sp³-hybridized carbons (Fsp3) is 0.750. The van der Waals surface area contributed by atoms with Gasteiger partial charge in [0.25, 0.3) is 0 Å². The van der Waals surface area contributed by atoms with Gasteiger partial charge in [-0.3, -0.25) is 0 Å². The molecule has 92 valence electrons. The van der Waals surface area contributed by atoms with Crippen molar-refractivity contribution in [1.29, 1.82) is 0 Å². The van der Waals surface area contributed by atoms with Crippen LogP contribution in [0.2, 0.25) is 0 Å². The predicted molar refractivity (Wildman–Crippen MR) is 63.1 cm³/mol. The molecule has 0 amide bonds. The molecule has 4 heteroatoms. The van der Waals surface area contributed by atoms with Crippen molar-refractivity contribution in [3.8, 4) is 0 Å². The molecular weight excluding hydrogens is 204 g/mol. The molecule has 1 rings (SSSR count). The smallest absolute Gasteiger partial charge is 0.208 e. The number of aromatic nitrogens is 1. The largest absolute Gasteiger partial charge is 0.444 e. The molecule has 0 saturated heterocycles. The van der Waals surface area contributed by atoms with E-state index in [1.165, 1.54) is 6.42 Å². The van der Waals surface area contributed by atoms with Gasteiger partial charge in [-0.05, 0) is 19.4 Å². The fourth-order valence-electron chi connectivity index (χ4n) is 1.50. The van der Waals surface area contributed by atoms with E-state index in [1.807, 2.05) is 0 Å². The van der Waals surface area contributed by atoms with Crippen molar-refractivity contribution in [1.82, 2.24) is 10.3 Å². The normalized spacial score (nSPS) is 10.9. The first kappa shape index (κ1) is 13.2. The first-order chi connectivity index (χ1) is 7.86. The maximum absolute atomic E-state index is 8.61. The molecule has 0 aliphatic heterocycles. The topological polar surface area (TPSA) is 58.3 Å². The number of hydrogen-bond acceptors (Lipinski definition) is 4. The van der Waals surface area contributed by atoms with E-state index in [0.29, 0.717) is 13.2 Å². The molecule has 16 heavy (non-hydrogen) atoms. The molecule has 1 heterocycles. The van der Waals surface area contributed by atoms with Crippen molar-refractivity contribution in [2.75, 3.05) is 13.2 Å². The maximum atomic E-state index is 8.61. The van der Waals surface area contributed by atoms with Gasteiger partial charge in [-0.1, -0.05) is 19.8 Å². The van der Waals surface area contributed by atoms with Gasteiger partial charge in [0, 0.05) is 13.0 Å². The molecule has 0 aliphatic carbocycles. The summed E-state index contributed by atoms with van der Waals surface area (Å²) < 4.78 is 5.47. The molecule has 1 aromatic rings. The van der Waals surface area contributed by atoms with Crippen molar-refractivity contribution >= 4 is 0 Å². The van der Waals surface area contributed by atoms with E-state index in [4.69, 9.17) is 9.52 Å². The first-order valence-corrected chi connectivity index (χ1v) is 6.12. The lowest BCUT2D eigenvalue weighted by Crippen LogP contribution is -2.14. The molecule has 0 fully saturated rings. The van der Waals surface area contributed by atoms with E-state index in [0.717, 1.165) is 43.9 Å². The van der Waals surface area contributed by atoms with Gasteiger partial charge >= 0.3 is 0 Å². The molecular formula is C12H22N2O2. The standard InChI is InChI=1S/C12H22N2O2/c1-2-11-9-14-12(16-11)10-13-7-5-3-4-6-8-15/h9,13,15H,2-8,10H2,1H3. The van der Waals surface area contributed by atoms with Gasteiger partial charge in [-0.15, -0.1) is 0 Å². The fourth-order valence-corrected chi connectivity index (χ4v) is 1.50. The third-order valence-electron chi connectivity index (χ3n) is 2.49. The number of aryl methyl sites for hydroxylation is 1. The average Bonchev–Trinajstić information content (AvgIpc) is 2.76. The van der Waals surface area contributed by atoms with Crippen molar-refractivity contribution in [3.05, 3.63) is 17.8 Å². The second-order valence-corrected chi connectivity index (χ2v) is 3.89. The number of nitrogens with one attached hydrogen (secondary N) is 1. The van der Waals surface area contributed by atoms with Crippen LogP contribution in [0.4, 0.5) is 0 Å². The monoisotopic (exact) mass is 226 g/mol. The van der Waals surface area contributed by atoms with Crippen LogP contribution >= 0.6 is 0 Å². The van der Waals surface area contributed by atoms with Gasteiger partial charge in [-0.2, -0.15) is 0 Å². The van der Waals surface area contributed by atoms with Gasteiger partial charge < -0.3 is 14.8 Å². The van der Waals surface area contributed by atoms with Gasteiger partial charge in [0.05, 0.1) is 12.7 Å². The highest BCUT2D eigenvalue weighted by Crippen LogP contribution is 2.03. The van der Waals surface area contributed by atoms with Crippen molar-refractivity contribution in [2.24, 2.45) is 0 Å². The SMILES string of the molecule is CCc1cnc(CNCCCCCCO)o1. The summed E-state index contributed by atoms with van der Waals surface area (Å²) in [4.78, 5) is 4.17. The molecule has 4 nitrogen and oxygen atoms in total. The average molecular weight is 226 g/mol. The van der Waals surface area contributed by atoms with E-state index in [2.05, 4.69) is 17.2 Å². The number of aliphatic hydroxyl groups is 1. The Morgan fingerprint density at radius 1 is 1.31 bits per heavy atom. The van der Waals surface area contributed by atoms with Crippen molar-refractivity contribution in [2.45, 2.75) is 45.6 Å². The van der Waals surface area contributed by atoms with Crippen LogP contribution in [-0.4, -0.2) is 23.2 Å². The summed E-state index contributed by atoms with van der Waals surface area (Å²) in [5, 5.41) is 11.9. The minimum atomic E-state index is 0.309. The lowest BCUT2D eigenvalue weighted by molar-refractivity contribution is 0.282. The Bertz CT molecular complexity index is 274. The zero-order valence-electron chi connectivity index (χ0n) is 10.0. The summed E-state index contributed by atoms with van der Waals surface area (Å²) >= 11 is 0. The molecule has 0 saturated carbocycles. The lowest BCUT2D eigenvalue weighted by atomic mass is 10.2. The first-order valence-electron chi connectivity index (χ1n) is 6.12. The van der Waals surface area contributed by atoms with E-state index in [9.17, 15) is 0 Å². The summed E-state index contributed by atoms with van der Waals surface area (Å²) in [7, 11) is 0. The van der Waals surface area contributed by atoms with Gasteiger partial charge in [0.15, 0.2) is 0 Å². The Morgan fingerprint density at radius 3 is 2.81 bits per heavy atom. The maximum Gasteiger partial charge on any atom is 0.208 e. The molecule has 0 spiro atoms. The Kier molecular flexibility index (Phi) is 6.85. The number of unbranched alkanes of at least 4 members (excludes halogenated alkanes) is 3. The lowest BCUT2D eigenvalue weighted by Gasteiger charge is -2.01. The second-order valence-electron chi connectivity index (χ2n) is 3.89. The highest BCUT2D eigenvalue weighted by Gasteiger charge is 2.00. The predicted octanol–water partition coefficient (Wildman–Crippen LogP) is 1.88. The van der Waals surface area contributed by atoms with Gasteiger partial charge in [-0.25, -0.2) is 4.98 Å². The van der Waals surface area contributed by atoms with Crippen LogP contribution in [0.5, 0.6) is 0 Å². The highest BCUT2D eigenvalue weighted by atomic mass is 16.4. The minimum Gasteiger partial charge on any atom is -0.444 e. The molecule has 0 atom stereocenters. The number of oxazole rings is 1. The third kappa shape index (κ3) is 5.28. The van der Waals surface area contributed by atoms with Crippen molar-refractivity contribution in [3.63, 3.8) is 0 Å². The van der Waals surface area contributed by atoms with Crippen LogP contribution in [-0.2, 0) is 13.0 Å². The Labute approximate surface area is 97.1 Å². The molecule has 1 aromatic heterocycles. The van der Waals surface area contributed by atoms with Crippen LogP contribution in [0.3, 0.4) is 0 Å². The quantitative estimate of drug-likeness (QED) is 0.631. The summed E-state index contributed by atoms with van der Waals surface area (Å²) in [6.07, 6.45) is 7.02. The molecule has 0 unspecified atom stereocenters. The summed E-state index contributed by atoms with van der Waals surface area (Å²) in [6.45, 7) is 4.05. The van der Waals surface area contributed by atoms with E-state index in [-0.39, 0.29) is 0 Å². The summed E-state index contributed by atoms with van der Waals surface area (Å²) in [5.41, 5.74) is 0. The molecule has 0 aromatic carbocycles. The number of aliphatic hydroxyl groups excluding tert-OH is 1. The number of nitrogens with zero attached hydrogens (tertiary/aromatic N) is 1.